The standard InChI is InChI=1S/C27H44N4O3/c1-5-27-14-13-26(33,17-34-6-2)15-19(27)7-8-20-21-9-10-23(25(21,4)12-11-22(20)27)24(32)16-31-29-18(3)28-30-31/h19-23,33H,5-17H2,1-4H3/t19-,20-,21-,22-,23+,25-,26+,27?/m0/s1. The predicted octanol–water partition coefficient (Wildman–Crippen LogP) is 4.37. The van der Waals surface area contributed by atoms with Crippen LogP contribution in [0.15, 0.2) is 0 Å². The number of ketones is 1. The van der Waals surface area contributed by atoms with Crippen LogP contribution in [0.2, 0.25) is 0 Å². The molecule has 1 N–H and O–H groups in total. The minimum Gasteiger partial charge on any atom is -0.387 e. The maximum atomic E-state index is 13.4. The first-order valence-electron chi connectivity index (χ1n) is 13.8. The number of ether oxygens (including phenoxy) is 1. The van der Waals surface area contributed by atoms with Gasteiger partial charge in [0.2, 0.25) is 0 Å². The largest absolute Gasteiger partial charge is 0.387 e. The predicted molar refractivity (Wildman–Crippen MR) is 129 cm³/mol. The molecule has 190 valence electrons. The molecular weight excluding hydrogens is 428 g/mol. The van der Waals surface area contributed by atoms with Crippen LogP contribution < -0.4 is 0 Å². The number of tetrazole rings is 1. The van der Waals surface area contributed by atoms with Gasteiger partial charge >= 0.3 is 0 Å². The summed E-state index contributed by atoms with van der Waals surface area (Å²) in [4.78, 5) is 14.9. The third-order valence-corrected chi connectivity index (χ3v) is 11.0. The van der Waals surface area contributed by atoms with Crippen molar-refractivity contribution in [1.29, 1.82) is 0 Å². The Hall–Kier alpha value is -1.34. The van der Waals surface area contributed by atoms with Crippen LogP contribution in [0, 0.1) is 47.3 Å². The second-order valence-corrected chi connectivity index (χ2v) is 12.3. The molecule has 0 saturated heterocycles. The van der Waals surface area contributed by atoms with Crippen molar-refractivity contribution in [2.45, 2.75) is 104 Å². The lowest BCUT2D eigenvalue weighted by Crippen LogP contribution is -2.57. The van der Waals surface area contributed by atoms with E-state index in [1.165, 1.54) is 36.9 Å². The smallest absolute Gasteiger partial charge is 0.171 e. The maximum absolute atomic E-state index is 13.4. The van der Waals surface area contributed by atoms with Crippen LogP contribution in [-0.2, 0) is 16.1 Å². The first-order chi connectivity index (χ1) is 16.2. The van der Waals surface area contributed by atoms with Gasteiger partial charge in [-0.3, -0.25) is 4.79 Å². The maximum Gasteiger partial charge on any atom is 0.171 e. The molecule has 34 heavy (non-hydrogen) atoms. The number of nitrogens with zero attached hydrogens (tertiary/aromatic N) is 4. The number of aromatic nitrogens is 4. The van der Waals surface area contributed by atoms with Gasteiger partial charge in [-0.2, -0.15) is 4.80 Å². The normalized spacial score (nSPS) is 43.7. The molecule has 0 aliphatic heterocycles. The summed E-state index contributed by atoms with van der Waals surface area (Å²) in [6.45, 7) is 10.0. The molecule has 0 radical (unpaired) electrons. The highest BCUT2D eigenvalue weighted by Gasteiger charge is 2.62. The van der Waals surface area contributed by atoms with E-state index in [2.05, 4.69) is 29.3 Å². The number of rotatable bonds is 7. The molecule has 1 unspecified atom stereocenters. The van der Waals surface area contributed by atoms with Crippen LogP contribution in [0.4, 0.5) is 0 Å². The van der Waals surface area contributed by atoms with E-state index in [1.54, 1.807) is 0 Å². The lowest BCUT2D eigenvalue weighted by molar-refractivity contribution is -0.173. The van der Waals surface area contributed by atoms with Crippen molar-refractivity contribution >= 4 is 5.78 Å². The summed E-state index contributed by atoms with van der Waals surface area (Å²) in [5.41, 5.74) is -0.193. The summed E-state index contributed by atoms with van der Waals surface area (Å²) >= 11 is 0. The average Bonchev–Trinajstić information content (AvgIpc) is 3.39. The quantitative estimate of drug-likeness (QED) is 0.634. The number of hydrogen-bond acceptors (Lipinski definition) is 6. The van der Waals surface area contributed by atoms with Gasteiger partial charge in [0.05, 0.1) is 12.2 Å². The molecule has 0 bridgehead atoms. The number of aliphatic hydroxyl groups is 1. The van der Waals surface area contributed by atoms with Crippen LogP contribution in [0.5, 0.6) is 0 Å². The summed E-state index contributed by atoms with van der Waals surface area (Å²) in [6.07, 6.45) is 11.2. The van der Waals surface area contributed by atoms with Crippen molar-refractivity contribution in [3.8, 4) is 0 Å². The Labute approximate surface area is 204 Å². The van der Waals surface area contributed by atoms with Crippen LogP contribution in [0.1, 0.15) is 90.8 Å². The number of fused-ring (bicyclic) bond motifs is 5. The van der Waals surface area contributed by atoms with Crippen molar-refractivity contribution in [1.82, 2.24) is 20.2 Å². The molecule has 4 fully saturated rings. The number of hydrogen-bond donors (Lipinski definition) is 1. The first kappa shape index (κ1) is 24.4. The van der Waals surface area contributed by atoms with Gasteiger partial charge in [-0.05, 0) is 118 Å². The minimum absolute atomic E-state index is 0.0972. The van der Waals surface area contributed by atoms with Gasteiger partial charge in [0.15, 0.2) is 11.6 Å². The van der Waals surface area contributed by atoms with E-state index in [9.17, 15) is 9.90 Å². The molecule has 1 aromatic heterocycles. The van der Waals surface area contributed by atoms with Crippen LogP contribution in [-0.4, -0.2) is 49.9 Å². The number of carbonyl (C=O) groups is 1. The molecule has 4 aliphatic rings. The number of Topliss-reactive ketones (excluding diaryl/α,β-unsaturated/α-hetero) is 1. The van der Waals surface area contributed by atoms with E-state index in [4.69, 9.17) is 4.74 Å². The molecule has 7 nitrogen and oxygen atoms in total. The van der Waals surface area contributed by atoms with Crippen molar-refractivity contribution in [2.24, 2.45) is 40.4 Å². The molecule has 8 atom stereocenters. The molecular formula is C27H44N4O3. The fourth-order valence-corrected chi connectivity index (χ4v) is 9.43. The van der Waals surface area contributed by atoms with Gasteiger partial charge in [0, 0.05) is 12.5 Å². The summed E-state index contributed by atoms with van der Waals surface area (Å²) in [5, 5.41) is 23.5. The van der Waals surface area contributed by atoms with Crippen LogP contribution >= 0.6 is 0 Å². The van der Waals surface area contributed by atoms with Crippen molar-refractivity contribution in [3.05, 3.63) is 5.82 Å². The molecule has 1 heterocycles. The van der Waals surface area contributed by atoms with E-state index >= 15 is 0 Å². The van der Waals surface area contributed by atoms with Gasteiger partial charge in [-0.25, -0.2) is 0 Å². The van der Waals surface area contributed by atoms with Gasteiger partial charge in [-0.1, -0.05) is 13.8 Å². The monoisotopic (exact) mass is 472 g/mol. The zero-order valence-corrected chi connectivity index (χ0v) is 21.6. The average molecular weight is 473 g/mol. The van der Waals surface area contributed by atoms with Crippen molar-refractivity contribution in [2.75, 3.05) is 13.2 Å². The number of carbonyl (C=O) groups excluding carboxylic acids is 1. The topological polar surface area (TPSA) is 90.1 Å². The highest BCUT2D eigenvalue weighted by molar-refractivity contribution is 5.81. The Bertz CT molecular complexity index is 904. The summed E-state index contributed by atoms with van der Waals surface area (Å²) in [7, 11) is 0. The van der Waals surface area contributed by atoms with E-state index in [1.807, 2.05) is 13.8 Å². The fourth-order valence-electron chi connectivity index (χ4n) is 9.43. The Balaban J connectivity index is 1.33. The van der Waals surface area contributed by atoms with Crippen molar-refractivity contribution in [3.63, 3.8) is 0 Å². The molecule has 1 aromatic rings. The summed E-state index contributed by atoms with van der Waals surface area (Å²) in [6, 6.07) is 0. The van der Waals surface area contributed by atoms with E-state index in [0.29, 0.717) is 42.1 Å². The zero-order chi connectivity index (χ0) is 24.1. The Morgan fingerprint density at radius 3 is 2.65 bits per heavy atom. The van der Waals surface area contributed by atoms with Crippen LogP contribution in [0.25, 0.3) is 0 Å². The van der Waals surface area contributed by atoms with Crippen LogP contribution in [0.3, 0.4) is 0 Å². The van der Waals surface area contributed by atoms with Gasteiger partial charge in [0.1, 0.15) is 6.54 Å². The Kier molecular flexibility index (Phi) is 6.41. The number of aryl methyl sites for hydroxylation is 1. The Morgan fingerprint density at radius 2 is 1.94 bits per heavy atom. The van der Waals surface area contributed by atoms with E-state index < -0.39 is 5.60 Å². The zero-order valence-electron chi connectivity index (χ0n) is 21.6. The van der Waals surface area contributed by atoms with E-state index in [0.717, 1.165) is 43.9 Å². The SMILES string of the molecule is CCOC[C@@]1(O)CCC2(CC)[C@@H](CC[C@@H]3[C@@H]2CC[C@]2(C)[C@@H](C(=O)Cn4nnc(C)n4)CC[C@@H]32)C1. The lowest BCUT2D eigenvalue weighted by atomic mass is 9.42. The van der Waals surface area contributed by atoms with Gasteiger partial charge in [-0.15, -0.1) is 10.2 Å². The van der Waals surface area contributed by atoms with Crippen molar-refractivity contribution < 1.29 is 14.6 Å². The first-order valence-corrected chi connectivity index (χ1v) is 13.8. The molecule has 4 aliphatic carbocycles. The molecule has 7 heteroatoms. The Morgan fingerprint density at radius 1 is 1.12 bits per heavy atom. The third-order valence-electron chi connectivity index (χ3n) is 11.0. The van der Waals surface area contributed by atoms with E-state index in [-0.39, 0.29) is 17.9 Å². The molecule has 0 amide bonds. The lowest BCUT2D eigenvalue weighted by Gasteiger charge is -2.63. The highest BCUT2D eigenvalue weighted by atomic mass is 16.5. The third kappa shape index (κ3) is 3.85. The molecule has 0 aromatic carbocycles. The molecule has 5 rings (SSSR count). The second-order valence-electron chi connectivity index (χ2n) is 12.3. The summed E-state index contributed by atoms with van der Waals surface area (Å²) in [5.74, 6) is 3.71. The molecule has 4 saturated carbocycles. The van der Waals surface area contributed by atoms with Gasteiger partial charge in [0.25, 0.3) is 0 Å². The molecule has 0 spiro atoms. The minimum atomic E-state index is -0.645. The van der Waals surface area contributed by atoms with Gasteiger partial charge < -0.3 is 9.84 Å². The second kappa shape index (κ2) is 8.95. The highest BCUT2D eigenvalue weighted by Crippen LogP contribution is 2.69. The summed E-state index contributed by atoms with van der Waals surface area (Å²) < 4.78 is 5.68. The fraction of sp³-hybridized carbons (Fsp3) is 0.926.